The van der Waals surface area contributed by atoms with E-state index in [0.717, 1.165) is 26.2 Å². The predicted octanol–water partition coefficient (Wildman–Crippen LogP) is 4.04. The van der Waals surface area contributed by atoms with E-state index in [1.165, 1.54) is 22.8 Å². The highest BCUT2D eigenvalue weighted by Crippen LogP contribution is 2.27. The Morgan fingerprint density at radius 1 is 1.00 bits per heavy atom. The van der Waals surface area contributed by atoms with Gasteiger partial charge in [-0.05, 0) is 28.8 Å². The maximum absolute atomic E-state index is 3.43. The van der Waals surface area contributed by atoms with Gasteiger partial charge in [0.1, 0.15) is 0 Å². The normalized spacial score (nSPS) is 16.8. The maximum atomic E-state index is 3.43. The van der Waals surface area contributed by atoms with Crippen LogP contribution in [0.25, 0.3) is 10.8 Å². The van der Waals surface area contributed by atoms with Gasteiger partial charge in [-0.25, -0.2) is 0 Å². The minimum atomic E-state index is 0. The van der Waals surface area contributed by atoms with Crippen molar-refractivity contribution in [1.82, 2.24) is 10.2 Å². The van der Waals surface area contributed by atoms with Crippen molar-refractivity contribution >= 4 is 35.6 Å². The van der Waals surface area contributed by atoms with E-state index in [-0.39, 0.29) is 24.8 Å². The van der Waals surface area contributed by atoms with E-state index < -0.39 is 0 Å². The van der Waals surface area contributed by atoms with Crippen molar-refractivity contribution in [2.45, 2.75) is 19.4 Å². The average molecular weight is 327 g/mol. The molecule has 2 aromatic carbocycles. The van der Waals surface area contributed by atoms with Gasteiger partial charge in [0.15, 0.2) is 0 Å². The summed E-state index contributed by atoms with van der Waals surface area (Å²) in [4.78, 5) is 2.61. The van der Waals surface area contributed by atoms with Crippen LogP contribution in [0.4, 0.5) is 0 Å². The van der Waals surface area contributed by atoms with Crippen molar-refractivity contribution < 1.29 is 0 Å². The molecule has 1 saturated heterocycles. The van der Waals surface area contributed by atoms with Crippen LogP contribution in [-0.2, 0) is 0 Å². The molecule has 3 rings (SSSR count). The number of benzene rings is 2. The Balaban J connectivity index is 0.00000110. The molecule has 1 aliphatic rings. The van der Waals surface area contributed by atoms with Crippen LogP contribution in [0.15, 0.2) is 42.5 Å². The summed E-state index contributed by atoms with van der Waals surface area (Å²) in [6.45, 7) is 6.84. The van der Waals surface area contributed by atoms with Crippen LogP contribution in [0.2, 0.25) is 0 Å². The van der Waals surface area contributed by atoms with Gasteiger partial charge in [-0.15, -0.1) is 24.8 Å². The zero-order valence-corrected chi connectivity index (χ0v) is 14.1. The monoisotopic (exact) mass is 326 g/mol. The Hall–Kier alpha value is -0.800. The molecule has 4 heteroatoms. The van der Waals surface area contributed by atoms with Crippen LogP contribution in [0.1, 0.15) is 24.9 Å². The van der Waals surface area contributed by atoms with Gasteiger partial charge in [0.05, 0.1) is 0 Å². The summed E-state index contributed by atoms with van der Waals surface area (Å²) in [7, 11) is 0. The lowest BCUT2D eigenvalue weighted by atomic mass is 9.98. The molecule has 1 atom stereocenters. The van der Waals surface area contributed by atoms with Crippen LogP contribution >= 0.6 is 24.8 Å². The van der Waals surface area contributed by atoms with Crippen LogP contribution < -0.4 is 5.32 Å². The van der Waals surface area contributed by atoms with E-state index in [1.807, 2.05) is 0 Å². The fourth-order valence-electron chi connectivity index (χ4n) is 3.11. The van der Waals surface area contributed by atoms with E-state index in [1.54, 1.807) is 0 Å². The molecule has 116 valence electrons. The van der Waals surface area contributed by atoms with Crippen molar-refractivity contribution in [1.29, 1.82) is 0 Å². The second-order valence-corrected chi connectivity index (χ2v) is 5.32. The maximum Gasteiger partial charge on any atom is 0.0346 e. The number of hydrogen-bond donors (Lipinski definition) is 1. The van der Waals surface area contributed by atoms with Crippen LogP contribution in [-0.4, -0.2) is 31.1 Å². The van der Waals surface area contributed by atoms with Crippen molar-refractivity contribution in [3.63, 3.8) is 0 Å². The summed E-state index contributed by atoms with van der Waals surface area (Å²) in [5.41, 5.74) is 1.46. The SMILES string of the molecule is CC[C@@H](c1ccc2ccccc2c1)N1CCNCC1.Cl.Cl. The molecule has 0 aliphatic carbocycles. The third-order valence-electron chi connectivity index (χ3n) is 4.14. The van der Waals surface area contributed by atoms with Crippen LogP contribution in [0, 0.1) is 0 Å². The van der Waals surface area contributed by atoms with Crippen LogP contribution in [0.3, 0.4) is 0 Å². The third kappa shape index (κ3) is 4.10. The number of piperazine rings is 1. The number of nitrogens with one attached hydrogen (secondary N) is 1. The van der Waals surface area contributed by atoms with Gasteiger partial charge in [-0.2, -0.15) is 0 Å². The zero-order valence-electron chi connectivity index (χ0n) is 12.4. The highest BCUT2D eigenvalue weighted by atomic mass is 35.5. The first-order valence-electron chi connectivity index (χ1n) is 7.32. The lowest BCUT2D eigenvalue weighted by Gasteiger charge is -2.34. The Morgan fingerprint density at radius 3 is 2.33 bits per heavy atom. The summed E-state index contributed by atoms with van der Waals surface area (Å²) in [5.74, 6) is 0. The minimum Gasteiger partial charge on any atom is -0.314 e. The molecule has 0 saturated carbocycles. The molecule has 1 aliphatic heterocycles. The first-order valence-corrected chi connectivity index (χ1v) is 7.32. The van der Waals surface area contributed by atoms with Gasteiger partial charge < -0.3 is 5.32 Å². The van der Waals surface area contributed by atoms with Gasteiger partial charge in [0.25, 0.3) is 0 Å². The van der Waals surface area contributed by atoms with Gasteiger partial charge in [-0.3, -0.25) is 4.90 Å². The molecular formula is C17H24Cl2N2. The van der Waals surface area contributed by atoms with E-state index >= 15 is 0 Å². The van der Waals surface area contributed by atoms with E-state index in [9.17, 15) is 0 Å². The highest BCUT2D eigenvalue weighted by Gasteiger charge is 2.20. The van der Waals surface area contributed by atoms with Gasteiger partial charge >= 0.3 is 0 Å². The zero-order chi connectivity index (χ0) is 13.1. The lowest BCUT2D eigenvalue weighted by Crippen LogP contribution is -2.45. The third-order valence-corrected chi connectivity index (χ3v) is 4.14. The average Bonchev–Trinajstić information content (AvgIpc) is 2.49. The summed E-state index contributed by atoms with van der Waals surface area (Å²) in [6.07, 6.45) is 1.18. The summed E-state index contributed by atoms with van der Waals surface area (Å²) >= 11 is 0. The fourth-order valence-corrected chi connectivity index (χ4v) is 3.11. The molecule has 0 aromatic heterocycles. The van der Waals surface area contributed by atoms with Crippen molar-refractivity contribution in [3.05, 3.63) is 48.0 Å². The molecule has 0 amide bonds. The van der Waals surface area contributed by atoms with Gasteiger partial charge in [0, 0.05) is 32.2 Å². The Labute approximate surface area is 139 Å². The smallest absolute Gasteiger partial charge is 0.0346 e. The Morgan fingerprint density at radius 2 is 1.67 bits per heavy atom. The topological polar surface area (TPSA) is 15.3 Å². The highest BCUT2D eigenvalue weighted by molar-refractivity contribution is 5.85. The first kappa shape index (κ1) is 18.2. The number of nitrogens with zero attached hydrogens (tertiary/aromatic N) is 1. The second-order valence-electron chi connectivity index (χ2n) is 5.32. The number of halogens is 2. The molecular weight excluding hydrogens is 303 g/mol. The molecule has 0 bridgehead atoms. The number of fused-ring (bicyclic) bond motifs is 1. The molecule has 2 nitrogen and oxygen atoms in total. The number of rotatable bonds is 3. The number of hydrogen-bond acceptors (Lipinski definition) is 2. The molecule has 1 heterocycles. The Bertz CT molecular complexity index is 553. The molecule has 0 unspecified atom stereocenters. The summed E-state index contributed by atoms with van der Waals surface area (Å²) in [6, 6.07) is 16.1. The second kappa shape index (κ2) is 8.60. The summed E-state index contributed by atoms with van der Waals surface area (Å²) < 4.78 is 0. The standard InChI is InChI=1S/C17H22N2.2ClH/c1-2-17(19-11-9-18-10-12-19)16-8-7-14-5-3-4-6-15(14)13-16;;/h3-8,13,17-18H,2,9-12H2,1H3;2*1H/t17-;;/m0../s1. The van der Waals surface area contributed by atoms with Gasteiger partial charge in [-0.1, -0.05) is 43.3 Å². The quantitative estimate of drug-likeness (QED) is 0.915. The lowest BCUT2D eigenvalue weighted by molar-refractivity contribution is 0.169. The molecule has 0 spiro atoms. The molecule has 1 N–H and O–H groups in total. The van der Waals surface area contributed by atoms with E-state index in [0.29, 0.717) is 6.04 Å². The van der Waals surface area contributed by atoms with Crippen molar-refractivity contribution in [3.8, 4) is 0 Å². The first-order chi connectivity index (χ1) is 9.38. The summed E-state index contributed by atoms with van der Waals surface area (Å²) in [5, 5.41) is 6.12. The molecule has 1 fully saturated rings. The van der Waals surface area contributed by atoms with Crippen molar-refractivity contribution in [2.24, 2.45) is 0 Å². The molecule has 2 aromatic rings. The van der Waals surface area contributed by atoms with Crippen LogP contribution in [0.5, 0.6) is 0 Å². The predicted molar refractivity (Wildman–Crippen MR) is 95.9 cm³/mol. The van der Waals surface area contributed by atoms with E-state index in [4.69, 9.17) is 0 Å². The van der Waals surface area contributed by atoms with E-state index in [2.05, 4.69) is 59.6 Å². The van der Waals surface area contributed by atoms with Crippen molar-refractivity contribution in [2.75, 3.05) is 26.2 Å². The molecule has 21 heavy (non-hydrogen) atoms. The fraction of sp³-hybridized carbons (Fsp3) is 0.412. The Kier molecular flexibility index (Phi) is 7.47. The largest absolute Gasteiger partial charge is 0.314 e. The van der Waals surface area contributed by atoms with Gasteiger partial charge in [0.2, 0.25) is 0 Å². The minimum absolute atomic E-state index is 0. The molecule has 0 radical (unpaired) electrons.